The van der Waals surface area contributed by atoms with E-state index in [1.807, 2.05) is 0 Å². The maximum absolute atomic E-state index is 11.3. The van der Waals surface area contributed by atoms with Crippen LogP contribution in [0.3, 0.4) is 0 Å². The van der Waals surface area contributed by atoms with Crippen LogP contribution in [0.2, 0.25) is 0 Å². The fourth-order valence-electron chi connectivity index (χ4n) is 3.51. The van der Waals surface area contributed by atoms with Crippen molar-refractivity contribution in [2.45, 2.75) is 64.3 Å². The fourth-order valence-corrected chi connectivity index (χ4v) is 3.51. The Hall–Kier alpha value is -0.370. The Kier molecular flexibility index (Phi) is 4.39. The van der Waals surface area contributed by atoms with Crippen molar-refractivity contribution in [1.82, 2.24) is 4.90 Å². The summed E-state index contributed by atoms with van der Waals surface area (Å²) in [5.74, 6) is 1.38. The van der Waals surface area contributed by atoms with E-state index in [-0.39, 0.29) is 0 Å². The zero-order chi connectivity index (χ0) is 11.4. The first-order valence-corrected chi connectivity index (χ1v) is 7.07. The zero-order valence-corrected chi connectivity index (χ0v) is 10.6. The third kappa shape index (κ3) is 2.85. The lowest BCUT2D eigenvalue weighted by Crippen LogP contribution is -2.45. The molecule has 2 nitrogen and oxygen atoms in total. The van der Waals surface area contributed by atoms with Gasteiger partial charge in [-0.1, -0.05) is 26.2 Å². The molecule has 0 N–H and O–H groups in total. The van der Waals surface area contributed by atoms with Crippen LogP contribution in [0.4, 0.5) is 0 Å². The predicted octanol–water partition coefficient (Wildman–Crippen LogP) is 3.01. The van der Waals surface area contributed by atoms with Crippen molar-refractivity contribution >= 4 is 5.78 Å². The first kappa shape index (κ1) is 12.1. The summed E-state index contributed by atoms with van der Waals surface area (Å²) in [5, 5.41) is 0. The number of Topliss-reactive ketones (excluding diaryl/α,β-unsaturated/α-hetero) is 1. The third-order valence-corrected chi connectivity index (χ3v) is 4.44. The highest BCUT2D eigenvalue weighted by molar-refractivity contribution is 5.79. The summed E-state index contributed by atoms with van der Waals surface area (Å²) >= 11 is 0. The van der Waals surface area contributed by atoms with E-state index in [0.717, 1.165) is 37.9 Å². The number of carbonyl (C=O) groups excluding carboxylic acids is 1. The number of piperidine rings is 1. The predicted molar refractivity (Wildman–Crippen MR) is 66.5 cm³/mol. The lowest BCUT2D eigenvalue weighted by Gasteiger charge is -2.40. The first-order valence-electron chi connectivity index (χ1n) is 7.07. The van der Waals surface area contributed by atoms with Crippen molar-refractivity contribution in [3.05, 3.63) is 0 Å². The van der Waals surface area contributed by atoms with Crippen molar-refractivity contribution in [3.8, 4) is 0 Å². The highest BCUT2D eigenvalue weighted by atomic mass is 16.1. The van der Waals surface area contributed by atoms with Gasteiger partial charge in [-0.15, -0.1) is 0 Å². The molecule has 1 atom stereocenters. The molecule has 0 aromatic heterocycles. The largest absolute Gasteiger partial charge is 0.300 e. The summed E-state index contributed by atoms with van der Waals surface area (Å²) in [4.78, 5) is 13.9. The molecular formula is C14H25NO. The minimum atomic E-state index is 0.467. The average Bonchev–Trinajstić information content (AvgIpc) is 2.34. The van der Waals surface area contributed by atoms with Crippen LogP contribution in [0.1, 0.15) is 58.3 Å². The summed E-state index contributed by atoms with van der Waals surface area (Å²) in [6, 6.07) is 0.758. The molecule has 1 saturated heterocycles. The van der Waals surface area contributed by atoms with Crippen LogP contribution in [-0.4, -0.2) is 29.8 Å². The van der Waals surface area contributed by atoms with E-state index >= 15 is 0 Å². The van der Waals surface area contributed by atoms with Gasteiger partial charge in [0, 0.05) is 32.0 Å². The van der Waals surface area contributed by atoms with Crippen LogP contribution in [-0.2, 0) is 4.79 Å². The molecular weight excluding hydrogens is 198 g/mol. The van der Waals surface area contributed by atoms with Gasteiger partial charge in [-0.2, -0.15) is 0 Å². The van der Waals surface area contributed by atoms with Gasteiger partial charge in [0.05, 0.1) is 0 Å². The highest BCUT2D eigenvalue weighted by Gasteiger charge is 2.29. The average molecular weight is 223 g/mol. The van der Waals surface area contributed by atoms with Gasteiger partial charge in [-0.25, -0.2) is 0 Å². The maximum atomic E-state index is 11.3. The van der Waals surface area contributed by atoms with Crippen molar-refractivity contribution in [1.29, 1.82) is 0 Å². The topological polar surface area (TPSA) is 20.3 Å². The summed E-state index contributed by atoms with van der Waals surface area (Å²) < 4.78 is 0. The zero-order valence-electron chi connectivity index (χ0n) is 10.6. The number of rotatable bonds is 3. The van der Waals surface area contributed by atoms with E-state index < -0.39 is 0 Å². The number of hydrogen-bond donors (Lipinski definition) is 0. The van der Waals surface area contributed by atoms with Gasteiger partial charge >= 0.3 is 0 Å². The third-order valence-electron chi connectivity index (χ3n) is 4.44. The number of nitrogens with zero attached hydrogens (tertiary/aromatic N) is 1. The molecule has 0 aromatic carbocycles. The van der Waals surface area contributed by atoms with E-state index in [1.54, 1.807) is 0 Å². The summed E-state index contributed by atoms with van der Waals surface area (Å²) in [6.07, 6.45) is 9.98. The van der Waals surface area contributed by atoms with Crippen LogP contribution in [0.25, 0.3) is 0 Å². The van der Waals surface area contributed by atoms with E-state index in [0.29, 0.717) is 5.78 Å². The SMILES string of the molecule is CCC(C1CCCCC1)N1CCC(=O)CC1. The molecule has 1 heterocycles. The number of likely N-dealkylation sites (tertiary alicyclic amines) is 1. The van der Waals surface area contributed by atoms with Crippen LogP contribution < -0.4 is 0 Å². The van der Waals surface area contributed by atoms with Crippen LogP contribution in [0, 0.1) is 5.92 Å². The second-order valence-electron chi connectivity index (χ2n) is 5.45. The Morgan fingerprint density at radius 3 is 2.38 bits per heavy atom. The Morgan fingerprint density at radius 1 is 1.19 bits per heavy atom. The number of hydrogen-bond acceptors (Lipinski definition) is 2. The Balaban J connectivity index is 1.90. The molecule has 0 spiro atoms. The van der Waals surface area contributed by atoms with Gasteiger partial charge in [0.15, 0.2) is 0 Å². The van der Waals surface area contributed by atoms with Gasteiger partial charge in [-0.05, 0) is 25.2 Å². The Morgan fingerprint density at radius 2 is 1.81 bits per heavy atom. The quantitative estimate of drug-likeness (QED) is 0.733. The van der Waals surface area contributed by atoms with Crippen molar-refractivity contribution in [2.75, 3.05) is 13.1 Å². The van der Waals surface area contributed by atoms with Crippen molar-refractivity contribution in [3.63, 3.8) is 0 Å². The van der Waals surface area contributed by atoms with E-state index in [2.05, 4.69) is 11.8 Å². The summed E-state index contributed by atoms with van der Waals surface area (Å²) in [5.41, 5.74) is 0. The minimum Gasteiger partial charge on any atom is -0.300 e. The van der Waals surface area contributed by atoms with Crippen molar-refractivity contribution < 1.29 is 4.79 Å². The maximum Gasteiger partial charge on any atom is 0.135 e. The molecule has 0 aromatic rings. The van der Waals surface area contributed by atoms with Gasteiger partial charge in [-0.3, -0.25) is 9.69 Å². The first-order chi connectivity index (χ1) is 7.81. The number of ketones is 1. The molecule has 0 bridgehead atoms. The lowest BCUT2D eigenvalue weighted by atomic mass is 9.81. The number of carbonyl (C=O) groups is 1. The molecule has 1 aliphatic heterocycles. The standard InChI is InChI=1S/C14H25NO/c1-2-14(12-6-4-3-5-7-12)15-10-8-13(16)9-11-15/h12,14H,2-11H2,1H3. The van der Waals surface area contributed by atoms with E-state index in [4.69, 9.17) is 0 Å². The van der Waals surface area contributed by atoms with Crippen LogP contribution in [0.5, 0.6) is 0 Å². The van der Waals surface area contributed by atoms with E-state index in [1.165, 1.54) is 38.5 Å². The van der Waals surface area contributed by atoms with E-state index in [9.17, 15) is 4.79 Å². The van der Waals surface area contributed by atoms with Crippen LogP contribution in [0.15, 0.2) is 0 Å². The normalized spacial score (nSPS) is 26.9. The molecule has 16 heavy (non-hydrogen) atoms. The molecule has 2 heteroatoms. The molecule has 0 amide bonds. The van der Waals surface area contributed by atoms with Crippen LogP contribution >= 0.6 is 0 Å². The second kappa shape index (κ2) is 5.81. The lowest BCUT2D eigenvalue weighted by molar-refractivity contribution is -0.122. The van der Waals surface area contributed by atoms with Gasteiger partial charge in [0.25, 0.3) is 0 Å². The molecule has 1 unspecified atom stereocenters. The smallest absolute Gasteiger partial charge is 0.135 e. The van der Waals surface area contributed by atoms with Gasteiger partial charge < -0.3 is 0 Å². The molecule has 92 valence electrons. The molecule has 0 radical (unpaired) electrons. The molecule has 1 saturated carbocycles. The van der Waals surface area contributed by atoms with Gasteiger partial charge in [0.1, 0.15) is 5.78 Å². The monoisotopic (exact) mass is 223 g/mol. The minimum absolute atomic E-state index is 0.467. The fraction of sp³-hybridized carbons (Fsp3) is 0.929. The second-order valence-corrected chi connectivity index (χ2v) is 5.45. The van der Waals surface area contributed by atoms with Gasteiger partial charge in [0.2, 0.25) is 0 Å². The molecule has 2 fully saturated rings. The highest BCUT2D eigenvalue weighted by Crippen LogP contribution is 2.31. The molecule has 2 rings (SSSR count). The summed E-state index contributed by atoms with van der Waals surface area (Å²) in [7, 11) is 0. The Bertz CT molecular complexity index is 223. The molecule has 2 aliphatic rings. The molecule has 1 aliphatic carbocycles. The van der Waals surface area contributed by atoms with Crippen molar-refractivity contribution in [2.24, 2.45) is 5.92 Å². The Labute approximate surface area is 99.4 Å². The summed E-state index contributed by atoms with van der Waals surface area (Å²) in [6.45, 7) is 4.36.